The molecule has 2 aromatic rings. The fourth-order valence-corrected chi connectivity index (χ4v) is 2.50. The van der Waals surface area contributed by atoms with Gasteiger partial charge in [-0.1, -0.05) is 6.07 Å². The minimum atomic E-state index is -0.276. The van der Waals surface area contributed by atoms with E-state index in [1.165, 1.54) is 6.20 Å². The normalized spacial score (nSPS) is 10.5. The van der Waals surface area contributed by atoms with Crippen LogP contribution in [0.15, 0.2) is 39.7 Å². The van der Waals surface area contributed by atoms with Gasteiger partial charge in [0.25, 0.3) is 5.91 Å². The predicted octanol–water partition coefficient (Wildman–Crippen LogP) is 4.04. The molecule has 2 rings (SSSR count). The van der Waals surface area contributed by atoms with Gasteiger partial charge in [0.15, 0.2) is 5.82 Å². The van der Waals surface area contributed by atoms with Crippen molar-refractivity contribution in [3.05, 3.63) is 45.2 Å². The fraction of sp³-hybridized carbons (Fsp3) is 0.214. The van der Waals surface area contributed by atoms with Crippen molar-refractivity contribution in [2.75, 3.05) is 5.32 Å². The molecule has 0 radical (unpaired) electrons. The summed E-state index contributed by atoms with van der Waals surface area (Å²) in [5, 5.41) is 2.70. The van der Waals surface area contributed by atoms with Crippen LogP contribution in [0.25, 0.3) is 0 Å². The molecule has 1 aromatic heterocycles. The number of rotatable bonds is 4. The van der Waals surface area contributed by atoms with Gasteiger partial charge in [-0.2, -0.15) is 0 Å². The zero-order chi connectivity index (χ0) is 15.4. The van der Waals surface area contributed by atoms with E-state index in [1.54, 1.807) is 18.2 Å². The Morgan fingerprint density at radius 3 is 2.76 bits per heavy atom. The molecule has 0 spiro atoms. The Morgan fingerprint density at radius 1 is 1.33 bits per heavy atom. The second kappa shape index (κ2) is 7.00. The van der Waals surface area contributed by atoms with E-state index < -0.39 is 0 Å². The summed E-state index contributed by atoms with van der Waals surface area (Å²) in [6.07, 6.45) is 1.56. The van der Waals surface area contributed by atoms with Gasteiger partial charge in [0.1, 0.15) is 15.0 Å². The Hall–Kier alpha value is -1.47. The molecule has 0 saturated heterocycles. The van der Waals surface area contributed by atoms with Crippen molar-refractivity contribution in [1.29, 1.82) is 0 Å². The highest BCUT2D eigenvalue weighted by molar-refractivity contribution is 9.11. The van der Waals surface area contributed by atoms with Crippen LogP contribution < -0.4 is 10.1 Å². The van der Waals surface area contributed by atoms with Crippen LogP contribution in [0.3, 0.4) is 0 Å². The molecule has 0 atom stereocenters. The van der Waals surface area contributed by atoms with Crippen LogP contribution in [0.2, 0.25) is 0 Å². The van der Waals surface area contributed by atoms with Crippen LogP contribution in [0.1, 0.15) is 24.2 Å². The fourth-order valence-electron chi connectivity index (χ4n) is 1.59. The van der Waals surface area contributed by atoms with Crippen LogP contribution >= 0.6 is 31.9 Å². The first-order valence-corrected chi connectivity index (χ1v) is 7.80. The Kier molecular flexibility index (Phi) is 5.30. The number of anilines is 1. The summed E-state index contributed by atoms with van der Waals surface area (Å²) < 4.78 is 6.61. The van der Waals surface area contributed by atoms with E-state index in [4.69, 9.17) is 4.74 Å². The molecule has 1 heterocycles. The minimum absolute atomic E-state index is 0.0507. The molecule has 0 bridgehead atoms. The third-order valence-electron chi connectivity index (χ3n) is 2.40. The third-order valence-corrected chi connectivity index (χ3v) is 3.34. The highest BCUT2D eigenvalue weighted by Gasteiger charge is 2.11. The highest BCUT2D eigenvalue weighted by atomic mass is 79.9. The molecule has 1 aromatic carbocycles. The first-order chi connectivity index (χ1) is 9.95. The zero-order valence-corrected chi connectivity index (χ0v) is 14.6. The van der Waals surface area contributed by atoms with Gasteiger partial charge < -0.3 is 10.1 Å². The molecule has 0 aliphatic carbocycles. The van der Waals surface area contributed by atoms with Crippen molar-refractivity contribution in [1.82, 2.24) is 9.97 Å². The van der Waals surface area contributed by atoms with Gasteiger partial charge in [-0.3, -0.25) is 4.79 Å². The van der Waals surface area contributed by atoms with Crippen LogP contribution in [0.5, 0.6) is 5.75 Å². The standard InChI is InChI=1S/C14H13Br2N3O2/c1-8(2)21-10-5-3-4-9(6-10)14(20)19-13-12(16)18-11(15)7-17-13/h3-8H,1-2H3,(H,17,19,20). The van der Waals surface area contributed by atoms with E-state index in [2.05, 4.69) is 47.1 Å². The number of benzene rings is 1. The Balaban J connectivity index is 2.16. The molecule has 0 aliphatic rings. The molecule has 0 unspecified atom stereocenters. The number of ether oxygens (including phenoxy) is 1. The molecule has 0 fully saturated rings. The Labute approximate surface area is 139 Å². The second-order valence-electron chi connectivity index (χ2n) is 4.48. The molecule has 0 saturated carbocycles. The molecular weight excluding hydrogens is 402 g/mol. The van der Waals surface area contributed by atoms with Gasteiger partial charge in [-0.25, -0.2) is 9.97 Å². The van der Waals surface area contributed by atoms with Crippen molar-refractivity contribution < 1.29 is 9.53 Å². The molecule has 110 valence electrons. The lowest BCUT2D eigenvalue weighted by atomic mass is 10.2. The first kappa shape index (κ1) is 15.9. The summed E-state index contributed by atoms with van der Waals surface area (Å²) in [4.78, 5) is 20.4. The maximum atomic E-state index is 12.2. The molecular formula is C14H13Br2N3O2. The quantitative estimate of drug-likeness (QED) is 0.819. The average Bonchev–Trinajstić information content (AvgIpc) is 2.41. The van der Waals surface area contributed by atoms with Gasteiger partial charge in [0.05, 0.1) is 12.3 Å². The minimum Gasteiger partial charge on any atom is -0.491 e. The smallest absolute Gasteiger partial charge is 0.257 e. The van der Waals surface area contributed by atoms with Crippen molar-refractivity contribution in [3.63, 3.8) is 0 Å². The lowest BCUT2D eigenvalue weighted by Gasteiger charge is -2.11. The summed E-state index contributed by atoms with van der Waals surface area (Å²) in [6.45, 7) is 3.86. The third kappa shape index (κ3) is 4.50. The van der Waals surface area contributed by atoms with Crippen LogP contribution in [0.4, 0.5) is 5.82 Å². The number of aromatic nitrogens is 2. The van der Waals surface area contributed by atoms with E-state index in [9.17, 15) is 4.79 Å². The van der Waals surface area contributed by atoms with Crippen molar-refractivity contribution in [2.45, 2.75) is 20.0 Å². The number of hydrogen-bond donors (Lipinski definition) is 1. The molecule has 5 nitrogen and oxygen atoms in total. The summed E-state index contributed by atoms with van der Waals surface area (Å²) in [5.41, 5.74) is 0.491. The predicted molar refractivity (Wildman–Crippen MR) is 87.6 cm³/mol. The first-order valence-electron chi connectivity index (χ1n) is 6.22. The molecule has 21 heavy (non-hydrogen) atoms. The topological polar surface area (TPSA) is 64.1 Å². The maximum Gasteiger partial charge on any atom is 0.257 e. The molecule has 1 amide bonds. The average molecular weight is 415 g/mol. The summed E-state index contributed by atoms with van der Waals surface area (Å²) in [6, 6.07) is 6.99. The number of carbonyl (C=O) groups excluding carboxylic acids is 1. The van der Waals surface area contributed by atoms with Crippen LogP contribution in [0, 0.1) is 0 Å². The number of amides is 1. The van der Waals surface area contributed by atoms with Crippen LogP contribution in [-0.2, 0) is 0 Å². The van der Waals surface area contributed by atoms with Gasteiger partial charge in [-0.15, -0.1) is 0 Å². The number of nitrogens with zero attached hydrogens (tertiary/aromatic N) is 2. The number of hydrogen-bond acceptors (Lipinski definition) is 4. The number of carbonyl (C=O) groups is 1. The van der Waals surface area contributed by atoms with Crippen molar-refractivity contribution in [3.8, 4) is 5.75 Å². The zero-order valence-electron chi connectivity index (χ0n) is 11.4. The molecule has 0 aliphatic heterocycles. The second-order valence-corrected chi connectivity index (χ2v) is 6.04. The Morgan fingerprint density at radius 2 is 2.10 bits per heavy atom. The summed E-state index contributed by atoms with van der Waals surface area (Å²) >= 11 is 6.46. The monoisotopic (exact) mass is 413 g/mol. The SMILES string of the molecule is CC(C)Oc1cccc(C(=O)Nc2ncc(Br)nc2Br)c1. The van der Waals surface area contributed by atoms with E-state index in [0.717, 1.165) is 0 Å². The van der Waals surface area contributed by atoms with E-state index >= 15 is 0 Å². The summed E-state index contributed by atoms with van der Waals surface area (Å²) in [7, 11) is 0. The van der Waals surface area contributed by atoms with Crippen LogP contribution in [-0.4, -0.2) is 22.0 Å². The van der Waals surface area contributed by atoms with Gasteiger partial charge in [0, 0.05) is 5.56 Å². The maximum absolute atomic E-state index is 12.2. The van der Waals surface area contributed by atoms with Gasteiger partial charge in [0.2, 0.25) is 0 Å². The largest absolute Gasteiger partial charge is 0.491 e. The van der Waals surface area contributed by atoms with E-state index in [1.807, 2.05) is 19.9 Å². The van der Waals surface area contributed by atoms with E-state index in [0.29, 0.717) is 26.3 Å². The van der Waals surface area contributed by atoms with Gasteiger partial charge >= 0.3 is 0 Å². The molecule has 7 heteroatoms. The lowest BCUT2D eigenvalue weighted by molar-refractivity contribution is 0.102. The molecule has 1 N–H and O–H groups in total. The highest BCUT2D eigenvalue weighted by Crippen LogP contribution is 2.21. The van der Waals surface area contributed by atoms with E-state index in [-0.39, 0.29) is 12.0 Å². The number of nitrogens with one attached hydrogen (secondary N) is 1. The van der Waals surface area contributed by atoms with Gasteiger partial charge in [-0.05, 0) is 63.9 Å². The summed E-state index contributed by atoms with van der Waals surface area (Å²) in [5.74, 6) is 0.735. The lowest BCUT2D eigenvalue weighted by Crippen LogP contribution is -2.14. The van der Waals surface area contributed by atoms with Crippen molar-refractivity contribution in [2.24, 2.45) is 0 Å². The Bertz CT molecular complexity index is 662. The van der Waals surface area contributed by atoms with Crippen molar-refractivity contribution >= 4 is 43.6 Å². The number of halogens is 2.